The molecule has 4 aromatic rings. The van der Waals surface area contributed by atoms with Crippen LogP contribution in [0.5, 0.6) is 5.88 Å². The van der Waals surface area contributed by atoms with Gasteiger partial charge in [0.25, 0.3) is 0 Å². The molecule has 1 saturated heterocycles. The fourth-order valence-electron chi connectivity index (χ4n) is 7.26. The van der Waals surface area contributed by atoms with Gasteiger partial charge in [-0.3, -0.25) is 9.69 Å². The maximum Gasteiger partial charge on any atom is 0.335 e. The third-order valence-corrected chi connectivity index (χ3v) is 10.1. The number of carbonyl (C=O) groups excluding carboxylic acids is 1. The zero-order valence-electron chi connectivity index (χ0n) is 24.2. The van der Waals surface area contributed by atoms with Gasteiger partial charge in [0.2, 0.25) is 11.8 Å². The Morgan fingerprint density at radius 2 is 1.93 bits per heavy atom. The Morgan fingerprint density at radius 1 is 1.16 bits per heavy atom. The van der Waals surface area contributed by atoms with Gasteiger partial charge in [-0.2, -0.15) is 5.10 Å². The number of carbonyl (C=O) groups is 2. The molecule has 7 rings (SSSR count). The van der Waals surface area contributed by atoms with E-state index in [2.05, 4.69) is 10.2 Å². The Labute approximate surface area is 263 Å². The maximum absolute atomic E-state index is 16.0. The average Bonchev–Trinajstić information content (AvgIpc) is 3.72. The lowest BCUT2D eigenvalue weighted by molar-refractivity contribution is -0.127. The first-order valence-corrected chi connectivity index (χ1v) is 15.5. The maximum atomic E-state index is 16.0. The molecule has 228 valence electrons. The Hall–Kier alpha value is -3.66. The van der Waals surface area contributed by atoms with Crippen molar-refractivity contribution in [2.75, 3.05) is 18.5 Å². The quantitative estimate of drug-likeness (QED) is 0.242. The number of carboxylic acids is 1. The number of aryl methyl sites for hydroxylation is 1. The number of hydrogen-bond acceptors (Lipinski definition) is 5. The number of rotatable bonds is 6. The Balaban J connectivity index is 1.38. The lowest BCUT2D eigenvalue weighted by atomic mass is 9.74. The average molecular weight is 638 g/mol. The lowest BCUT2D eigenvalue weighted by Gasteiger charge is -2.40. The summed E-state index contributed by atoms with van der Waals surface area (Å²) in [7, 11) is 0. The van der Waals surface area contributed by atoms with E-state index in [0.717, 1.165) is 12.8 Å². The molecular formula is C33H31Cl2FN4O4. The summed E-state index contributed by atoms with van der Waals surface area (Å²) < 4.78 is 24.2. The number of likely N-dealkylation sites (tertiary alicyclic amines) is 1. The lowest BCUT2D eigenvalue weighted by Crippen LogP contribution is -2.57. The van der Waals surface area contributed by atoms with E-state index in [1.54, 1.807) is 60.1 Å². The summed E-state index contributed by atoms with van der Waals surface area (Å²) in [5.41, 5.74) is 1.11. The first kappa shape index (κ1) is 29.1. The number of fused-ring (bicyclic) bond motifs is 4. The molecule has 4 atom stereocenters. The highest BCUT2D eigenvalue weighted by atomic mass is 35.5. The van der Waals surface area contributed by atoms with E-state index in [1.807, 2.05) is 6.92 Å². The van der Waals surface area contributed by atoms with Gasteiger partial charge in [0.1, 0.15) is 18.0 Å². The molecule has 3 aromatic carbocycles. The molecule has 2 fully saturated rings. The third kappa shape index (κ3) is 4.73. The smallest absolute Gasteiger partial charge is 0.335 e. The summed E-state index contributed by atoms with van der Waals surface area (Å²) in [5, 5.41) is 18.7. The Bertz CT molecular complexity index is 1830. The monoisotopic (exact) mass is 636 g/mol. The normalized spacial score (nSPS) is 24.8. The van der Waals surface area contributed by atoms with Crippen LogP contribution in [0.25, 0.3) is 10.9 Å². The number of anilines is 1. The highest BCUT2D eigenvalue weighted by Crippen LogP contribution is 2.54. The van der Waals surface area contributed by atoms with E-state index in [0.29, 0.717) is 57.6 Å². The van der Waals surface area contributed by atoms with Crippen molar-refractivity contribution in [1.29, 1.82) is 0 Å². The summed E-state index contributed by atoms with van der Waals surface area (Å²) in [6.45, 7) is 4.81. The van der Waals surface area contributed by atoms with Crippen molar-refractivity contribution in [3.63, 3.8) is 0 Å². The summed E-state index contributed by atoms with van der Waals surface area (Å²) in [5.74, 6) is -1.88. The van der Waals surface area contributed by atoms with E-state index < -0.39 is 23.2 Å². The second-order valence-corrected chi connectivity index (χ2v) is 13.2. The van der Waals surface area contributed by atoms with Gasteiger partial charge in [-0.05, 0) is 80.1 Å². The summed E-state index contributed by atoms with van der Waals surface area (Å²) >= 11 is 12.6. The van der Waals surface area contributed by atoms with Gasteiger partial charge in [0, 0.05) is 35.6 Å². The molecule has 0 radical (unpaired) electrons. The van der Waals surface area contributed by atoms with E-state index in [4.69, 9.17) is 33.0 Å². The van der Waals surface area contributed by atoms with Crippen LogP contribution >= 0.6 is 23.2 Å². The number of hydrogen-bond donors (Lipinski definition) is 2. The van der Waals surface area contributed by atoms with Crippen molar-refractivity contribution in [2.45, 2.75) is 50.7 Å². The van der Waals surface area contributed by atoms with Gasteiger partial charge >= 0.3 is 5.97 Å². The molecule has 44 heavy (non-hydrogen) atoms. The minimum Gasteiger partial charge on any atom is -0.478 e. The van der Waals surface area contributed by atoms with E-state index >= 15 is 4.39 Å². The first-order chi connectivity index (χ1) is 21.1. The van der Waals surface area contributed by atoms with Crippen LogP contribution in [0.2, 0.25) is 10.0 Å². The largest absolute Gasteiger partial charge is 0.478 e. The number of nitrogens with one attached hydrogen (secondary N) is 1. The molecule has 1 saturated carbocycles. The molecule has 2 aliphatic heterocycles. The number of nitrogens with zero attached hydrogens (tertiary/aromatic N) is 3. The van der Waals surface area contributed by atoms with E-state index in [9.17, 15) is 14.7 Å². The standard InChI is InChI=1S/C33H31Cl2FN4O4/c1-17-11-26-23(13-22(17)31(41)42)30-40(38-26)15-24-27(16-44-30)39(14-18-9-10-18)33(2,28(24)21-7-4-8-25(35)29(21)36)32(43)37-20-6-3-5-19(34)12-20/h3-8,11-13,18,24,27-28H,9-10,14-16H2,1-2H3,(H,37,43)(H,41,42)/t24-,27+,28+,33-/m1/s1. The van der Waals surface area contributed by atoms with Crippen molar-refractivity contribution < 1.29 is 23.8 Å². The highest BCUT2D eigenvalue weighted by Gasteiger charge is 2.62. The molecule has 11 heteroatoms. The fourth-order valence-corrected chi connectivity index (χ4v) is 7.63. The molecule has 1 aromatic heterocycles. The topological polar surface area (TPSA) is 96.7 Å². The van der Waals surface area contributed by atoms with Gasteiger partial charge in [0.15, 0.2) is 0 Å². The second-order valence-electron chi connectivity index (χ2n) is 12.3. The minimum absolute atomic E-state index is 0.00986. The van der Waals surface area contributed by atoms with E-state index in [1.165, 1.54) is 6.07 Å². The summed E-state index contributed by atoms with van der Waals surface area (Å²) in [6, 6.07) is 15.0. The van der Waals surface area contributed by atoms with Crippen LogP contribution in [0.15, 0.2) is 54.6 Å². The van der Waals surface area contributed by atoms with Gasteiger partial charge < -0.3 is 15.2 Å². The van der Waals surface area contributed by atoms with Crippen LogP contribution in [0.1, 0.15) is 47.2 Å². The number of aromatic carboxylic acids is 1. The van der Waals surface area contributed by atoms with Gasteiger partial charge in [0.05, 0.1) is 27.5 Å². The van der Waals surface area contributed by atoms with Gasteiger partial charge in [-0.15, -0.1) is 0 Å². The number of halogens is 3. The predicted molar refractivity (Wildman–Crippen MR) is 166 cm³/mol. The number of benzene rings is 3. The van der Waals surface area contributed by atoms with Crippen LogP contribution in [0, 0.1) is 24.6 Å². The molecule has 3 aliphatic rings. The van der Waals surface area contributed by atoms with Crippen LogP contribution in [0.3, 0.4) is 0 Å². The SMILES string of the molecule is Cc1cc2nn3c(c2cc1C(=O)O)OC[C@H]1[C@@H](C3)[C@H](c2cccc(Cl)c2F)[C@](C)(C(=O)Nc2cccc(Cl)c2)N1CC1CC1. The molecular weight excluding hydrogens is 606 g/mol. The molecule has 0 unspecified atom stereocenters. The number of carboxylic acid groups (broad SMARTS) is 1. The van der Waals surface area contributed by atoms with Crippen LogP contribution < -0.4 is 10.1 Å². The fraction of sp³-hybridized carbons (Fsp3) is 0.364. The predicted octanol–water partition coefficient (Wildman–Crippen LogP) is 6.77. The van der Waals surface area contributed by atoms with Crippen molar-refractivity contribution in [2.24, 2.45) is 11.8 Å². The summed E-state index contributed by atoms with van der Waals surface area (Å²) in [4.78, 5) is 28.6. The summed E-state index contributed by atoms with van der Waals surface area (Å²) in [6.07, 6.45) is 2.11. The highest BCUT2D eigenvalue weighted by molar-refractivity contribution is 6.31. The molecule has 0 bridgehead atoms. The van der Waals surface area contributed by atoms with E-state index in [-0.39, 0.29) is 35.1 Å². The van der Waals surface area contributed by atoms with Gasteiger partial charge in [-0.1, -0.05) is 41.4 Å². The van der Waals surface area contributed by atoms with Crippen molar-refractivity contribution in [3.8, 4) is 5.88 Å². The zero-order valence-corrected chi connectivity index (χ0v) is 25.7. The molecule has 1 amide bonds. The molecule has 2 N–H and O–H groups in total. The number of amides is 1. The Morgan fingerprint density at radius 3 is 2.66 bits per heavy atom. The number of ether oxygens (including phenoxy) is 1. The van der Waals surface area contributed by atoms with Gasteiger partial charge in [-0.25, -0.2) is 13.9 Å². The molecule has 3 heterocycles. The first-order valence-electron chi connectivity index (χ1n) is 14.7. The molecule has 0 spiro atoms. The van der Waals surface area contributed by atoms with Crippen LogP contribution in [-0.2, 0) is 11.3 Å². The zero-order chi connectivity index (χ0) is 30.9. The molecule has 1 aliphatic carbocycles. The third-order valence-electron chi connectivity index (χ3n) is 9.58. The molecule has 8 nitrogen and oxygen atoms in total. The Kier molecular flexibility index (Phi) is 7.10. The van der Waals surface area contributed by atoms with Crippen molar-refractivity contribution in [3.05, 3.63) is 87.2 Å². The minimum atomic E-state index is -1.19. The van der Waals surface area contributed by atoms with Crippen LogP contribution in [-0.4, -0.2) is 56.4 Å². The number of aromatic nitrogens is 2. The van der Waals surface area contributed by atoms with Crippen molar-refractivity contribution >= 4 is 51.7 Å². The van der Waals surface area contributed by atoms with Crippen molar-refractivity contribution in [1.82, 2.24) is 14.7 Å². The second kappa shape index (κ2) is 10.8. The van der Waals surface area contributed by atoms with Crippen LogP contribution in [0.4, 0.5) is 10.1 Å².